The Balaban J connectivity index is 1.25. The Morgan fingerprint density at radius 2 is 1.55 bits per heavy atom. The van der Waals surface area contributed by atoms with Crippen LogP contribution in [0.2, 0.25) is 0 Å². The van der Waals surface area contributed by atoms with Gasteiger partial charge in [0.25, 0.3) is 0 Å². The van der Waals surface area contributed by atoms with Gasteiger partial charge in [-0.25, -0.2) is 0 Å². The maximum atomic E-state index is 12.5. The van der Waals surface area contributed by atoms with Gasteiger partial charge in [0.05, 0.1) is 12.6 Å². The first-order valence-corrected chi connectivity index (χ1v) is 10.6. The van der Waals surface area contributed by atoms with E-state index in [1.54, 1.807) is 0 Å². The minimum Gasteiger partial charge on any atom is -0.348 e. The molecule has 5 heteroatoms. The van der Waals surface area contributed by atoms with E-state index in [0.717, 1.165) is 44.6 Å². The molecule has 1 aliphatic heterocycles. The van der Waals surface area contributed by atoms with Crippen LogP contribution >= 0.6 is 0 Å². The van der Waals surface area contributed by atoms with Crippen molar-refractivity contribution >= 4 is 11.8 Å². The fraction of sp³-hybridized carbons (Fsp3) is 0.417. The van der Waals surface area contributed by atoms with Gasteiger partial charge in [-0.15, -0.1) is 0 Å². The second kappa shape index (κ2) is 8.78. The summed E-state index contributed by atoms with van der Waals surface area (Å²) in [6.07, 6.45) is 2.09. The molecule has 29 heavy (non-hydrogen) atoms. The summed E-state index contributed by atoms with van der Waals surface area (Å²) in [7, 11) is 0. The van der Waals surface area contributed by atoms with Crippen LogP contribution < -0.4 is 5.32 Å². The third kappa shape index (κ3) is 5.04. The topological polar surface area (TPSA) is 52.7 Å². The molecule has 1 aliphatic carbocycles. The molecule has 1 saturated heterocycles. The molecule has 4 rings (SSSR count). The maximum Gasteiger partial charge on any atom is 0.234 e. The average Bonchev–Trinajstić information content (AvgIpc) is 3.60. The van der Waals surface area contributed by atoms with Gasteiger partial charge in [0.15, 0.2) is 0 Å². The molecule has 2 amide bonds. The number of carbonyl (C=O) groups excluding carboxylic acids is 2. The number of carbonyl (C=O) groups is 2. The zero-order chi connectivity index (χ0) is 20.2. The number of hydrogen-bond acceptors (Lipinski definition) is 3. The highest BCUT2D eigenvalue weighted by atomic mass is 16.2. The van der Waals surface area contributed by atoms with Crippen LogP contribution in [0.25, 0.3) is 11.1 Å². The smallest absolute Gasteiger partial charge is 0.234 e. The summed E-state index contributed by atoms with van der Waals surface area (Å²) in [6.45, 7) is 5.41. The van der Waals surface area contributed by atoms with Crippen molar-refractivity contribution < 1.29 is 9.59 Å². The van der Waals surface area contributed by atoms with Gasteiger partial charge in [0.2, 0.25) is 11.8 Å². The number of piperazine rings is 1. The van der Waals surface area contributed by atoms with Crippen LogP contribution in [0, 0.1) is 5.92 Å². The second-order valence-electron chi connectivity index (χ2n) is 8.15. The maximum absolute atomic E-state index is 12.5. The zero-order valence-electron chi connectivity index (χ0n) is 17.0. The highest BCUT2D eigenvalue weighted by molar-refractivity contribution is 5.81. The van der Waals surface area contributed by atoms with Crippen LogP contribution in [0.15, 0.2) is 54.6 Å². The molecule has 0 spiro atoms. The fourth-order valence-corrected chi connectivity index (χ4v) is 3.88. The Morgan fingerprint density at radius 1 is 0.931 bits per heavy atom. The number of amides is 2. The zero-order valence-corrected chi connectivity index (χ0v) is 17.0. The van der Waals surface area contributed by atoms with E-state index < -0.39 is 0 Å². The molecule has 0 unspecified atom stereocenters. The first-order chi connectivity index (χ1) is 14.1. The number of hydrogen-bond donors (Lipinski definition) is 1. The highest BCUT2D eigenvalue weighted by Crippen LogP contribution is 2.31. The summed E-state index contributed by atoms with van der Waals surface area (Å²) in [6, 6.07) is 18.6. The third-order valence-electron chi connectivity index (χ3n) is 5.87. The van der Waals surface area contributed by atoms with Crippen molar-refractivity contribution in [3.63, 3.8) is 0 Å². The van der Waals surface area contributed by atoms with Gasteiger partial charge in [-0.05, 0) is 36.5 Å². The van der Waals surface area contributed by atoms with Crippen molar-refractivity contribution in [2.45, 2.75) is 25.8 Å². The summed E-state index contributed by atoms with van der Waals surface area (Å²) in [5.74, 6) is 0.618. The molecule has 2 aromatic carbocycles. The molecule has 2 aliphatic rings. The molecule has 2 aromatic rings. The number of benzene rings is 2. The molecule has 5 nitrogen and oxygen atoms in total. The predicted molar refractivity (Wildman–Crippen MR) is 114 cm³/mol. The largest absolute Gasteiger partial charge is 0.348 e. The van der Waals surface area contributed by atoms with E-state index in [1.165, 1.54) is 11.1 Å². The molecule has 0 radical (unpaired) electrons. The Bertz CT molecular complexity index is 838. The number of nitrogens with zero attached hydrogens (tertiary/aromatic N) is 2. The van der Waals surface area contributed by atoms with Gasteiger partial charge in [0, 0.05) is 32.1 Å². The Kier molecular flexibility index (Phi) is 5.95. The summed E-state index contributed by atoms with van der Waals surface area (Å²) in [4.78, 5) is 28.7. The number of rotatable bonds is 6. The first-order valence-electron chi connectivity index (χ1n) is 10.6. The predicted octanol–water partition coefficient (Wildman–Crippen LogP) is 3.09. The summed E-state index contributed by atoms with van der Waals surface area (Å²) >= 11 is 0. The van der Waals surface area contributed by atoms with Crippen LogP contribution in [-0.2, 0) is 9.59 Å². The Morgan fingerprint density at radius 3 is 2.17 bits per heavy atom. The lowest BCUT2D eigenvalue weighted by Crippen LogP contribution is -2.51. The fourth-order valence-electron chi connectivity index (χ4n) is 3.88. The lowest BCUT2D eigenvalue weighted by Gasteiger charge is -2.34. The van der Waals surface area contributed by atoms with Crippen LogP contribution in [-0.4, -0.2) is 54.3 Å². The SMILES string of the molecule is C[C@@H](NC(=O)CN1CCN(C(=O)C2CC2)CC1)c1ccc(-c2ccccc2)cc1. The molecular weight excluding hydrogens is 362 g/mol. The van der Waals surface area contributed by atoms with Crippen LogP contribution in [0.1, 0.15) is 31.4 Å². The van der Waals surface area contributed by atoms with Crippen LogP contribution in [0.5, 0.6) is 0 Å². The lowest BCUT2D eigenvalue weighted by molar-refractivity contribution is -0.134. The van der Waals surface area contributed by atoms with Gasteiger partial charge in [-0.2, -0.15) is 0 Å². The highest BCUT2D eigenvalue weighted by Gasteiger charge is 2.34. The van der Waals surface area contributed by atoms with Crippen molar-refractivity contribution in [3.8, 4) is 11.1 Å². The normalized spacial score (nSPS) is 18.3. The summed E-state index contributed by atoms with van der Waals surface area (Å²) in [5, 5.41) is 3.10. The van der Waals surface area contributed by atoms with Crippen molar-refractivity contribution in [3.05, 3.63) is 60.2 Å². The molecule has 2 fully saturated rings. The van der Waals surface area contributed by atoms with Crippen LogP contribution in [0.3, 0.4) is 0 Å². The molecule has 1 atom stereocenters. The van der Waals surface area contributed by atoms with E-state index in [4.69, 9.17) is 0 Å². The molecule has 1 heterocycles. The molecule has 1 saturated carbocycles. The first kappa shape index (κ1) is 19.6. The monoisotopic (exact) mass is 391 g/mol. The third-order valence-corrected chi connectivity index (χ3v) is 5.87. The Hall–Kier alpha value is -2.66. The second-order valence-corrected chi connectivity index (χ2v) is 8.15. The summed E-state index contributed by atoms with van der Waals surface area (Å²) in [5.41, 5.74) is 3.46. The molecular formula is C24H29N3O2. The summed E-state index contributed by atoms with van der Waals surface area (Å²) < 4.78 is 0. The molecule has 1 N–H and O–H groups in total. The van der Waals surface area contributed by atoms with Crippen molar-refractivity contribution in [2.75, 3.05) is 32.7 Å². The van der Waals surface area contributed by atoms with E-state index in [0.29, 0.717) is 12.5 Å². The van der Waals surface area contributed by atoms with Gasteiger partial charge >= 0.3 is 0 Å². The van der Waals surface area contributed by atoms with E-state index >= 15 is 0 Å². The minimum absolute atomic E-state index is 0.0339. The van der Waals surface area contributed by atoms with Gasteiger partial charge in [-0.1, -0.05) is 54.6 Å². The number of nitrogens with one attached hydrogen (secondary N) is 1. The van der Waals surface area contributed by atoms with E-state index in [-0.39, 0.29) is 17.9 Å². The van der Waals surface area contributed by atoms with Gasteiger partial charge in [0.1, 0.15) is 0 Å². The van der Waals surface area contributed by atoms with E-state index in [1.807, 2.05) is 30.0 Å². The van der Waals surface area contributed by atoms with Crippen molar-refractivity contribution in [1.82, 2.24) is 15.1 Å². The minimum atomic E-state index is -0.0370. The van der Waals surface area contributed by atoms with Gasteiger partial charge < -0.3 is 10.2 Å². The van der Waals surface area contributed by atoms with Crippen LogP contribution in [0.4, 0.5) is 0 Å². The van der Waals surface area contributed by atoms with Crippen molar-refractivity contribution in [2.24, 2.45) is 5.92 Å². The van der Waals surface area contributed by atoms with Crippen molar-refractivity contribution in [1.29, 1.82) is 0 Å². The van der Waals surface area contributed by atoms with Gasteiger partial charge in [-0.3, -0.25) is 14.5 Å². The average molecular weight is 392 g/mol. The molecule has 0 bridgehead atoms. The molecule has 0 aromatic heterocycles. The Labute approximate surface area is 172 Å². The lowest BCUT2D eigenvalue weighted by atomic mass is 10.0. The van der Waals surface area contributed by atoms with E-state index in [2.05, 4.69) is 46.6 Å². The van der Waals surface area contributed by atoms with E-state index in [9.17, 15) is 9.59 Å². The molecule has 152 valence electrons. The quantitative estimate of drug-likeness (QED) is 0.823. The standard InChI is InChI=1S/C24H29N3O2/c1-18(19-7-9-21(10-8-19)20-5-3-2-4-6-20)25-23(28)17-26-13-15-27(16-14-26)24(29)22-11-12-22/h2-10,18,22H,11-17H2,1H3,(H,25,28)/t18-/m1/s1.